The molecule has 1 aromatic heterocycles. The summed E-state index contributed by atoms with van der Waals surface area (Å²) in [5.41, 5.74) is 0.724. The molecule has 3 heterocycles. The molecule has 2 aliphatic rings. The fourth-order valence-corrected chi connectivity index (χ4v) is 3.58. The van der Waals surface area contributed by atoms with Crippen LogP contribution in [0.3, 0.4) is 0 Å². The van der Waals surface area contributed by atoms with Crippen LogP contribution in [-0.4, -0.2) is 48.2 Å². The van der Waals surface area contributed by atoms with Crippen LogP contribution < -0.4 is 0 Å². The molecule has 1 atom stereocenters. The molecule has 0 radical (unpaired) electrons. The maximum Gasteiger partial charge on any atom is 0.352 e. The smallest absolute Gasteiger partial charge is 0.352 e. The Bertz CT molecular complexity index is 599. The molecule has 7 nitrogen and oxygen atoms in total. The zero-order valence-electron chi connectivity index (χ0n) is 9.59. The monoisotopic (exact) mass is 300 g/mol. The standard InChI is InChI=1S/C10H9ClN4O3S/c11-10-12-5(13-14-10)1-4-3-19-7-2-6(16)15(7)8(4)9(17)18/h7H,1-3H2,(H,17,18)(H,12,13,14)/t7-/m1/s1. The number of fused-ring (bicyclic) bond motifs is 1. The van der Waals surface area contributed by atoms with E-state index in [1.54, 1.807) is 11.8 Å². The number of aliphatic carboxylic acids is 1. The van der Waals surface area contributed by atoms with Gasteiger partial charge in [-0.2, -0.15) is 0 Å². The van der Waals surface area contributed by atoms with Crippen molar-refractivity contribution in [2.24, 2.45) is 0 Å². The van der Waals surface area contributed by atoms with Crippen molar-refractivity contribution in [3.05, 3.63) is 22.4 Å². The van der Waals surface area contributed by atoms with Gasteiger partial charge < -0.3 is 5.11 Å². The van der Waals surface area contributed by atoms with Crippen molar-refractivity contribution in [2.45, 2.75) is 18.2 Å². The number of nitrogens with zero attached hydrogens (tertiary/aromatic N) is 3. The summed E-state index contributed by atoms with van der Waals surface area (Å²) >= 11 is 7.17. The molecule has 19 heavy (non-hydrogen) atoms. The Morgan fingerprint density at radius 1 is 1.63 bits per heavy atom. The van der Waals surface area contributed by atoms with Crippen LogP contribution in [0.5, 0.6) is 0 Å². The van der Waals surface area contributed by atoms with Crippen LogP contribution in [0.1, 0.15) is 12.2 Å². The topological polar surface area (TPSA) is 99.2 Å². The van der Waals surface area contributed by atoms with Crippen LogP contribution >= 0.6 is 23.4 Å². The number of amides is 1. The van der Waals surface area contributed by atoms with Crippen LogP contribution in [0.4, 0.5) is 0 Å². The lowest BCUT2D eigenvalue weighted by Crippen LogP contribution is -2.54. The van der Waals surface area contributed by atoms with E-state index >= 15 is 0 Å². The molecular formula is C10H9ClN4O3S. The molecule has 0 aromatic carbocycles. The van der Waals surface area contributed by atoms with Gasteiger partial charge in [0.15, 0.2) is 0 Å². The summed E-state index contributed by atoms with van der Waals surface area (Å²) in [7, 11) is 0. The minimum atomic E-state index is -1.08. The predicted molar refractivity (Wildman–Crippen MR) is 67.5 cm³/mol. The van der Waals surface area contributed by atoms with Gasteiger partial charge in [0.2, 0.25) is 11.2 Å². The van der Waals surface area contributed by atoms with Crippen LogP contribution in [0.15, 0.2) is 11.3 Å². The third-order valence-corrected chi connectivity index (χ3v) is 4.47. The number of H-pyrrole nitrogens is 1. The van der Waals surface area contributed by atoms with Gasteiger partial charge in [-0.05, 0) is 17.2 Å². The second-order valence-electron chi connectivity index (χ2n) is 4.22. The van der Waals surface area contributed by atoms with Crippen LogP contribution in [0.2, 0.25) is 5.28 Å². The highest BCUT2D eigenvalue weighted by molar-refractivity contribution is 8.00. The molecule has 0 saturated carbocycles. The molecular weight excluding hydrogens is 292 g/mol. The lowest BCUT2D eigenvalue weighted by molar-refractivity contribution is -0.146. The van der Waals surface area contributed by atoms with Crippen molar-refractivity contribution in [1.29, 1.82) is 0 Å². The van der Waals surface area contributed by atoms with Crippen LogP contribution in [0, 0.1) is 0 Å². The molecule has 2 N–H and O–H groups in total. The van der Waals surface area contributed by atoms with Crippen molar-refractivity contribution in [2.75, 3.05) is 5.75 Å². The normalized spacial score (nSPS) is 22.3. The van der Waals surface area contributed by atoms with E-state index in [-0.39, 0.29) is 22.3 Å². The summed E-state index contributed by atoms with van der Waals surface area (Å²) < 4.78 is 0. The molecule has 1 fully saturated rings. The summed E-state index contributed by atoms with van der Waals surface area (Å²) in [6.07, 6.45) is 0.702. The highest BCUT2D eigenvalue weighted by atomic mass is 35.5. The third-order valence-electron chi connectivity index (χ3n) is 3.02. The molecule has 0 unspecified atom stereocenters. The third kappa shape index (κ3) is 2.10. The van der Waals surface area contributed by atoms with Gasteiger partial charge in [-0.25, -0.2) is 9.78 Å². The first-order chi connectivity index (χ1) is 9.06. The summed E-state index contributed by atoms with van der Waals surface area (Å²) in [6.45, 7) is 0. The maximum absolute atomic E-state index is 11.5. The van der Waals surface area contributed by atoms with Crippen LogP contribution in [0.25, 0.3) is 0 Å². The largest absolute Gasteiger partial charge is 0.477 e. The Morgan fingerprint density at radius 2 is 2.42 bits per heavy atom. The van der Waals surface area contributed by atoms with E-state index in [1.165, 1.54) is 4.90 Å². The fraction of sp³-hybridized carbons (Fsp3) is 0.400. The van der Waals surface area contributed by atoms with Gasteiger partial charge in [-0.15, -0.1) is 16.9 Å². The Hall–Kier alpha value is -1.54. The molecule has 1 amide bonds. The van der Waals surface area contributed by atoms with E-state index in [0.717, 1.165) is 0 Å². The average molecular weight is 301 g/mol. The molecule has 0 aliphatic carbocycles. The lowest BCUT2D eigenvalue weighted by Gasteiger charge is -2.43. The van der Waals surface area contributed by atoms with E-state index in [2.05, 4.69) is 15.2 Å². The van der Waals surface area contributed by atoms with E-state index in [0.29, 0.717) is 30.0 Å². The minimum Gasteiger partial charge on any atom is -0.477 e. The number of thioether (sulfide) groups is 1. The number of rotatable bonds is 3. The van der Waals surface area contributed by atoms with E-state index < -0.39 is 5.97 Å². The summed E-state index contributed by atoms with van der Waals surface area (Å²) in [5, 5.41) is 15.7. The Morgan fingerprint density at radius 3 is 3.00 bits per heavy atom. The highest BCUT2D eigenvalue weighted by Crippen LogP contribution is 2.40. The Labute approximate surface area is 117 Å². The average Bonchev–Trinajstić information content (AvgIpc) is 2.74. The second-order valence-corrected chi connectivity index (χ2v) is 5.72. The molecule has 3 rings (SSSR count). The maximum atomic E-state index is 11.5. The number of aromatic amines is 1. The van der Waals surface area contributed by atoms with Gasteiger partial charge in [0, 0.05) is 12.2 Å². The Balaban J connectivity index is 1.93. The van der Waals surface area contributed by atoms with Crippen LogP contribution in [-0.2, 0) is 16.0 Å². The summed E-state index contributed by atoms with van der Waals surface area (Å²) in [4.78, 5) is 28.2. The number of halogens is 1. The second kappa shape index (κ2) is 4.53. The first-order valence-electron chi connectivity index (χ1n) is 5.52. The first kappa shape index (κ1) is 12.5. The minimum absolute atomic E-state index is 0.0411. The molecule has 1 aromatic rings. The Kier molecular flexibility index (Phi) is 2.98. The van der Waals surface area contributed by atoms with E-state index in [9.17, 15) is 14.7 Å². The zero-order chi connectivity index (χ0) is 13.6. The van der Waals surface area contributed by atoms with Crippen molar-refractivity contribution in [3.8, 4) is 0 Å². The quantitative estimate of drug-likeness (QED) is 0.795. The van der Waals surface area contributed by atoms with Gasteiger partial charge in [0.05, 0.1) is 11.8 Å². The SMILES string of the molecule is O=C(O)C1=C(Cc2nc(Cl)n[nH]2)CS[C@@H]2CC(=O)N12. The number of carbonyl (C=O) groups excluding carboxylic acids is 1. The number of aromatic nitrogens is 3. The molecule has 9 heteroatoms. The number of nitrogens with one attached hydrogen (secondary N) is 1. The van der Waals surface area contributed by atoms with Crippen molar-refractivity contribution >= 4 is 35.2 Å². The predicted octanol–water partition coefficient (Wildman–Crippen LogP) is 0.644. The molecule has 0 spiro atoms. The number of carbonyl (C=O) groups is 2. The summed E-state index contributed by atoms with van der Waals surface area (Å²) in [5.74, 6) is -0.179. The molecule has 0 bridgehead atoms. The van der Waals surface area contributed by atoms with E-state index in [1.807, 2.05) is 0 Å². The van der Waals surface area contributed by atoms with Gasteiger partial charge in [0.25, 0.3) is 0 Å². The number of carboxylic acid groups (broad SMARTS) is 1. The van der Waals surface area contributed by atoms with Crippen molar-refractivity contribution in [3.63, 3.8) is 0 Å². The first-order valence-corrected chi connectivity index (χ1v) is 6.94. The van der Waals surface area contributed by atoms with Gasteiger partial charge >= 0.3 is 5.97 Å². The van der Waals surface area contributed by atoms with E-state index in [4.69, 9.17) is 11.6 Å². The number of hydrogen-bond donors (Lipinski definition) is 2. The lowest BCUT2D eigenvalue weighted by atomic mass is 10.1. The van der Waals surface area contributed by atoms with Gasteiger partial charge in [-0.3, -0.25) is 14.8 Å². The van der Waals surface area contributed by atoms with Gasteiger partial charge in [0.1, 0.15) is 11.5 Å². The van der Waals surface area contributed by atoms with Gasteiger partial charge in [-0.1, -0.05) is 0 Å². The highest BCUT2D eigenvalue weighted by Gasteiger charge is 2.45. The van der Waals surface area contributed by atoms with Crippen molar-refractivity contribution in [1.82, 2.24) is 20.1 Å². The molecule has 100 valence electrons. The number of β-lactam (4-membered cyclic amide) rings is 1. The molecule has 1 saturated heterocycles. The summed E-state index contributed by atoms with van der Waals surface area (Å²) in [6, 6.07) is 0. The van der Waals surface area contributed by atoms with Crippen molar-refractivity contribution < 1.29 is 14.7 Å². The molecule has 2 aliphatic heterocycles. The fourth-order valence-electron chi connectivity index (χ4n) is 2.17. The zero-order valence-corrected chi connectivity index (χ0v) is 11.2. The number of carboxylic acids is 1. The number of hydrogen-bond acceptors (Lipinski definition) is 5.